The Morgan fingerprint density at radius 2 is 2.00 bits per heavy atom. The Morgan fingerprint density at radius 1 is 1.24 bits per heavy atom. The Labute approximate surface area is 131 Å². The minimum Gasteiger partial charge on any atom is -0.496 e. The summed E-state index contributed by atoms with van der Waals surface area (Å²) in [7, 11) is 1.69. The van der Waals surface area contributed by atoms with Gasteiger partial charge in [0.2, 0.25) is 0 Å². The maximum absolute atomic E-state index is 6.12. The number of aromatic nitrogens is 1. The fourth-order valence-corrected chi connectivity index (χ4v) is 2.54. The molecule has 0 radical (unpaired) electrons. The number of benzene rings is 1. The summed E-state index contributed by atoms with van der Waals surface area (Å²) in [5.74, 6) is 0.872. The van der Waals surface area contributed by atoms with Gasteiger partial charge in [0, 0.05) is 23.5 Å². The van der Waals surface area contributed by atoms with E-state index in [1.165, 1.54) is 5.56 Å². The number of rotatable bonds is 7. The fourth-order valence-electron chi connectivity index (χ4n) is 2.35. The second kappa shape index (κ2) is 8.01. The highest BCUT2D eigenvalue weighted by atomic mass is 35.5. The average molecular weight is 305 g/mol. The van der Waals surface area contributed by atoms with E-state index < -0.39 is 0 Å². The second-order valence-corrected chi connectivity index (χ2v) is 5.38. The van der Waals surface area contributed by atoms with Gasteiger partial charge in [0.1, 0.15) is 5.75 Å². The third-order valence-corrected chi connectivity index (χ3v) is 3.65. The molecule has 21 heavy (non-hydrogen) atoms. The predicted octanol–water partition coefficient (Wildman–Crippen LogP) is 4.03. The lowest BCUT2D eigenvalue weighted by Gasteiger charge is -2.20. The molecule has 0 amide bonds. The number of hydrogen-bond acceptors (Lipinski definition) is 3. The molecule has 0 bridgehead atoms. The maximum Gasteiger partial charge on any atom is 0.122 e. The molecule has 0 spiro atoms. The van der Waals surface area contributed by atoms with Gasteiger partial charge in [-0.2, -0.15) is 0 Å². The minimum atomic E-state index is 0.223. The zero-order chi connectivity index (χ0) is 15.1. The SMILES string of the molecule is CCCNC(Cc1cc(Cl)ccc1OC)c1ccncc1. The van der Waals surface area contributed by atoms with Crippen molar-refractivity contribution >= 4 is 11.6 Å². The summed E-state index contributed by atoms with van der Waals surface area (Å²) in [6.07, 6.45) is 5.57. The van der Waals surface area contributed by atoms with Crippen LogP contribution in [0.5, 0.6) is 5.75 Å². The van der Waals surface area contributed by atoms with Crippen LogP contribution >= 0.6 is 11.6 Å². The molecule has 1 atom stereocenters. The molecule has 2 rings (SSSR count). The smallest absolute Gasteiger partial charge is 0.122 e. The van der Waals surface area contributed by atoms with Crippen molar-refractivity contribution in [1.29, 1.82) is 0 Å². The van der Waals surface area contributed by atoms with E-state index in [0.717, 1.165) is 35.7 Å². The number of hydrogen-bond donors (Lipinski definition) is 1. The minimum absolute atomic E-state index is 0.223. The Hall–Kier alpha value is -1.58. The van der Waals surface area contributed by atoms with Gasteiger partial charge in [0.05, 0.1) is 7.11 Å². The van der Waals surface area contributed by atoms with Crippen LogP contribution in [0.1, 0.15) is 30.5 Å². The van der Waals surface area contributed by atoms with Gasteiger partial charge >= 0.3 is 0 Å². The van der Waals surface area contributed by atoms with E-state index in [4.69, 9.17) is 16.3 Å². The number of ether oxygens (including phenoxy) is 1. The molecule has 1 aromatic heterocycles. The van der Waals surface area contributed by atoms with Gasteiger partial charge in [-0.25, -0.2) is 0 Å². The number of halogens is 1. The molecule has 1 heterocycles. The molecule has 4 heteroatoms. The third-order valence-electron chi connectivity index (χ3n) is 3.42. The van der Waals surface area contributed by atoms with Crippen LogP contribution < -0.4 is 10.1 Å². The Kier molecular flexibility index (Phi) is 6.03. The van der Waals surface area contributed by atoms with Crippen molar-refractivity contribution in [3.05, 3.63) is 58.9 Å². The average Bonchev–Trinajstić information content (AvgIpc) is 2.52. The Bertz CT molecular complexity index is 560. The summed E-state index contributed by atoms with van der Waals surface area (Å²) in [5.41, 5.74) is 2.33. The summed E-state index contributed by atoms with van der Waals surface area (Å²) in [4.78, 5) is 4.09. The number of methoxy groups -OCH3 is 1. The van der Waals surface area contributed by atoms with Gasteiger partial charge in [-0.1, -0.05) is 18.5 Å². The number of pyridine rings is 1. The summed E-state index contributed by atoms with van der Waals surface area (Å²) < 4.78 is 5.44. The fraction of sp³-hybridized carbons (Fsp3) is 0.353. The molecule has 0 saturated carbocycles. The molecule has 1 aromatic carbocycles. The lowest BCUT2D eigenvalue weighted by molar-refractivity contribution is 0.405. The quantitative estimate of drug-likeness (QED) is 0.838. The molecule has 0 aliphatic carbocycles. The highest BCUT2D eigenvalue weighted by molar-refractivity contribution is 6.30. The molecule has 0 fully saturated rings. The van der Waals surface area contributed by atoms with Gasteiger partial charge < -0.3 is 10.1 Å². The van der Waals surface area contributed by atoms with Gasteiger partial charge in [0.15, 0.2) is 0 Å². The monoisotopic (exact) mass is 304 g/mol. The molecule has 1 unspecified atom stereocenters. The lowest BCUT2D eigenvalue weighted by atomic mass is 9.99. The molecule has 2 aromatic rings. The van der Waals surface area contributed by atoms with Crippen LogP contribution in [-0.2, 0) is 6.42 Å². The molecule has 0 aliphatic rings. The first-order valence-corrected chi connectivity index (χ1v) is 7.58. The van der Waals surface area contributed by atoms with Crippen molar-refractivity contribution in [2.75, 3.05) is 13.7 Å². The standard InChI is InChI=1S/C17H21ClN2O/c1-3-8-20-16(13-6-9-19-10-7-13)12-14-11-15(18)4-5-17(14)21-2/h4-7,9-11,16,20H,3,8,12H2,1-2H3. The Balaban J connectivity index is 2.24. The van der Waals surface area contributed by atoms with E-state index in [-0.39, 0.29) is 6.04 Å². The predicted molar refractivity (Wildman–Crippen MR) is 87.0 cm³/mol. The second-order valence-electron chi connectivity index (χ2n) is 4.95. The molecule has 0 saturated heterocycles. The van der Waals surface area contributed by atoms with Gasteiger partial charge in [0.25, 0.3) is 0 Å². The van der Waals surface area contributed by atoms with E-state index in [1.807, 2.05) is 42.7 Å². The topological polar surface area (TPSA) is 34.1 Å². The Morgan fingerprint density at radius 3 is 2.67 bits per heavy atom. The summed E-state index contributed by atoms with van der Waals surface area (Å²) in [5, 5.41) is 4.31. The zero-order valence-corrected chi connectivity index (χ0v) is 13.2. The lowest BCUT2D eigenvalue weighted by Crippen LogP contribution is -2.24. The normalized spacial score (nSPS) is 12.1. The van der Waals surface area contributed by atoms with Crippen LogP contribution in [0, 0.1) is 0 Å². The first-order chi connectivity index (χ1) is 10.2. The molecular formula is C17H21ClN2O. The van der Waals surface area contributed by atoms with Gasteiger partial charge in [-0.3, -0.25) is 4.98 Å². The van der Waals surface area contributed by atoms with E-state index in [9.17, 15) is 0 Å². The highest BCUT2D eigenvalue weighted by Gasteiger charge is 2.14. The van der Waals surface area contributed by atoms with Gasteiger partial charge in [-0.15, -0.1) is 0 Å². The molecule has 3 nitrogen and oxygen atoms in total. The van der Waals surface area contributed by atoms with Crippen LogP contribution in [0.3, 0.4) is 0 Å². The summed E-state index contributed by atoms with van der Waals surface area (Å²) in [6, 6.07) is 10.1. The first kappa shape index (κ1) is 15.8. The molecule has 1 N–H and O–H groups in total. The van der Waals surface area contributed by atoms with Crippen LogP contribution in [0.15, 0.2) is 42.7 Å². The van der Waals surface area contributed by atoms with Crippen molar-refractivity contribution in [1.82, 2.24) is 10.3 Å². The van der Waals surface area contributed by atoms with Crippen molar-refractivity contribution < 1.29 is 4.74 Å². The van der Waals surface area contributed by atoms with Crippen molar-refractivity contribution in [2.24, 2.45) is 0 Å². The van der Waals surface area contributed by atoms with E-state index in [1.54, 1.807) is 7.11 Å². The first-order valence-electron chi connectivity index (χ1n) is 7.20. The summed E-state index contributed by atoms with van der Waals surface area (Å²) in [6.45, 7) is 3.13. The van der Waals surface area contributed by atoms with Crippen LogP contribution in [-0.4, -0.2) is 18.6 Å². The van der Waals surface area contributed by atoms with Gasteiger partial charge in [-0.05, 0) is 60.8 Å². The summed E-state index contributed by atoms with van der Waals surface area (Å²) >= 11 is 6.12. The van der Waals surface area contributed by atoms with E-state index >= 15 is 0 Å². The van der Waals surface area contributed by atoms with Crippen molar-refractivity contribution in [3.63, 3.8) is 0 Å². The molecular weight excluding hydrogens is 284 g/mol. The van der Waals surface area contributed by atoms with Crippen LogP contribution in [0.25, 0.3) is 0 Å². The van der Waals surface area contributed by atoms with E-state index in [2.05, 4.69) is 17.2 Å². The molecule has 0 aliphatic heterocycles. The zero-order valence-electron chi connectivity index (χ0n) is 12.5. The number of nitrogens with one attached hydrogen (secondary N) is 1. The van der Waals surface area contributed by atoms with Crippen LogP contribution in [0.2, 0.25) is 5.02 Å². The number of nitrogens with zero attached hydrogens (tertiary/aromatic N) is 1. The molecule has 112 valence electrons. The third kappa shape index (κ3) is 4.45. The van der Waals surface area contributed by atoms with Crippen LogP contribution in [0.4, 0.5) is 0 Å². The maximum atomic E-state index is 6.12. The van der Waals surface area contributed by atoms with E-state index in [0.29, 0.717) is 0 Å². The largest absolute Gasteiger partial charge is 0.496 e. The highest BCUT2D eigenvalue weighted by Crippen LogP contribution is 2.27. The van der Waals surface area contributed by atoms with Crippen molar-refractivity contribution in [3.8, 4) is 5.75 Å². The van der Waals surface area contributed by atoms with Crippen molar-refractivity contribution in [2.45, 2.75) is 25.8 Å².